The maximum atomic E-state index is 11.8. The van der Waals surface area contributed by atoms with Gasteiger partial charge in [-0.3, -0.25) is 4.79 Å². The molecule has 4 nitrogen and oxygen atoms in total. The van der Waals surface area contributed by atoms with E-state index in [2.05, 4.69) is 29.3 Å². The summed E-state index contributed by atoms with van der Waals surface area (Å²) in [6, 6.07) is 10.6. The van der Waals surface area contributed by atoms with E-state index in [0.717, 1.165) is 19.5 Å². The van der Waals surface area contributed by atoms with E-state index in [-0.39, 0.29) is 12.0 Å². The molecule has 1 aromatic carbocycles. The molecule has 110 valence electrons. The standard InChI is InChI=1S/C16H24N2O2/c1-3-18(14-7-5-4-6-8-14)12-11-15(16(19)20-2)17-13-9-10-13/h4-8,13,15,17H,3,9-12H2,1-2H3. The van der Waals surface area contributed by atoms with Crippen LogP contribution in [-0.4, -0.2) is 38.3 Å². The van der Waals surface area contributed by atoms with Crippen molar-refractivity contribution >= 4 is 11.7 Å². The third-order valence-electron chi connectivity index (χ3n) is 3.69. The van der Waals surface area contributed by atoms with Crippen LogP contribution in [0.3, 0.4) is 0 Å². The number of nitrogens with zero attached hydrogens (tertiary/aromatic N) is 1. The third kappa shape index (κ3) is 4.23. The van der Waals surface area contributed by atoms with Gasteiger partial charge in [-0.1, -0.05) is 18.2 Å². The second-order valence-corrected chi connectivity index (χ2v) is 5.22. The van der Waals surface area contributed by atoms with Gasteiger partial charge in [-0.25, -0.2) is 0 Å². The first-order valence-electron chi connectivity index (χ1n) is 7.38. The fourth-order valence-electron chi connectivity index (χ4n) is 2.34. The maximum absolute atomic E-state index is 11.8. The van der Waals surface area contributed by atoms with E-state index in [1.807, 2.05) is 18.2 Å². The molecule has 0 heterocycles. The first-order chi connectivity index (χ1) is 9.74. The van der Waals surface area contributed by atoms with Gasteiger partial charge in [0.2, 0.25) is 0 Å². The molecule has 20 heavy (non-hydrogen) atoms. The van der Waals surface area contributed by atoms with Crippen LogP contribution in [0.2, 0.25) is 0 Å². The minimum atomic E-state index is -0.190. The molecule has 0 aromatic heterocycles. The van der Waals surface area contributed by atoms with E-state index >= 15 is 0 Å². The van der Waals surface area contributed by atoms with Crippen molar-refractivity contribution in [1.29, 1.82) is 0 Å². The van der Waals surface area contributed by atoms with Gasteiger partial charge in [-0.05, 0) is 38.3 Å². The van der Waals surface area contributed by atoms with Crippen molar-refractivity contribution in [2.45, 2.75) is 38.3 Å². The Bertz CT molecular complexity index is 418. The summed E-state index contributed by atoms with van der Waals surface area (Å²) in [4.78, 5) is 14.1. The summed E-state index contributed by atoms with van der Waals surface area (Å²) in [5, 5.41) is 3.37. The Morgan fingerprint density at radius 2 is 2.10 bits per heavy atom. The number of esters is 1. The Labute approximate surface area is 121 Å². The minimum absolute atomic E-state index is 0.152. The van der Waals surface area contributed by atoms with Gasteiger partial charge >= 0.3 is 5.97 Å². The van der Waals surface area contributed by atoms with E-state index in [1.54, 1.807) is 0 Å². The number of para-hydroxylation sites is 1. The lowest BCUT2D eigenvalue weighted by Crippen LogP contribution is -2.41. The largest absolute Gasteiger partial charge is 0.468 e. The number of anilines is 1. The molecule has 0 saturated heterocycles. The zero-order chi connectivity index (χ0) is 14.4. The molecule has 1 atom stereocenters. The third-order valence-corrected chi connectivity index (χ3v) is 3.69. The van der Waals surface area contributed by atoms with Crippen molar-refractivity contribution in [3.05, 3.63) is 30.3 Å². The van der Waals surface area contributed by atoms with Gasteiger partial charge in [0.15, 0.2) is 0 Å². The molecule has 1 aliphatic rings. The lowest BCUT2D eigenvalue weighted by Gasteiger charge is -2.25. The molecule has 2 rings (SSSR count). The highest BCUT2D eigenvalue weighted by atomic mass is 16.5. The molecule has 0 bridgehead atoms. The monoisotopic (exact) mass is 276 g/mol. The molecule has 0 spiro atoms. The Balaban J connectivity index is 1.90. The van der Waals surface area contributed by atoms with Crippen LogP contribution in [0, 0.1) is 0 Å². The Morgan fingerprint density at radius 3 is 2.65 bits per heavy atom. The molecule has 0 amide bonds. The number of carbonyl (C=O) groups is 1. The number of hydrogen-bond acceptors (Lipinski definition) is 4. The van der Waals surface area contributed by atoms with Crippen molar-refractivity contribution < 1.29 is 9.53 Å². The second kappa shape index (κ2) is 7.29. The predicted octanol–water partition coefficient (Wildman–Crippen LogP) is 2.20. The molecule has 1 unspecified atom stereocenters. The number of ether oxygens (including phenoxy) is 1. The lowest BCUT2D eigenvalue weighted by atomic mass is 10.1. The van der Waals surface area contributed by atoms with Crippen molar-refractivity contribution in [2.24, 2.45) is 0 Å². The highest BCUT2D eigenvalue weighted by Gasteiger charge is 2.29. The summed E-state index contributed by atoms with van der Waals surface area (Å²) in [6.45, 7) is 3.91. The summed E-state index contributed by atoms with van der Waals surface area (Å²) >= 11 is 0. The van der Waals surface area contributed by atoms with Crippen LogP contribution in [0.15, 0.2) is 30.3 Å². The fourth-order valence-corrected chi connectivity index (χ4v) is 2.34. The van der Waals surface area contributed by atoms with Crippen LogP contribution in [0.5, 0.6) is 0 Å². The smallest absolute Gasteiger partial charge is 0.322 e. The van der Waals surface area contributed by atoms with E-state index < -0.39 is 0 Å². The Morgan fingerprint density at radius 1 is 1.40 bits per heavy atom. The second-order valence-electron chi connectivity index (χ2n) is 5.22. The number of nitrogens with one attached hydrogen (secondary N) is 1. The quantitative estimate of drug-likeness (QED) is 0.739. The molecule has 0 aliphatic heterocycles. The number of methoxy groups -OCH3 is 1. The minimum Gasteiger partial charge on any atom is -0.468 e. The molecule has 1 fully saturated rings. The highest BCUT2D eigenvalue weighted by Crippen LogP contribution is 2.21. The van der Waals surface area contributed by atoms with Crippen LogP contribution in [0.4, 0.5) is 5.69 Å². The summed E-state index contributed by atoms with van der Waals surface area (Å²) < 4.78 is 4.89. The van der Waals surface area contributed by atoms with Gasteiger partial charge in [-0.2, -0.15) is 0 Å². The molecule has 1 aromatic rings. The van der Waals surface area contributed by atoms with Crippen LogP contribution >= 0.6 is 0 Å². The zero-order valence-electron chi connectivity index (χ0n) is 12.3. The van der Waals surface area contributed by atoms with Gasteiger partial charge in [-0.15, -0.1) is 0 Å². The van der Waals surface area contributed by atoms with Gasteiger partial charge in [0.25, 0.3) is 0 Å². The topological polar surface area (TPSA) is 41.6 Å². The van der Waals surface area contributed by atoms with E-state index in [4.69, 9.17) is 4.74 Å². The first kappa shape index (κ1) is 14.9. The number of rotatable bonds is 8. The van der Waals surface area contributed by atoms with Crippen molar-refractivity contribution in [3.8, 4) is 0 Å². The van der Waals surface area contributed by atoms with E-state index in [1.165, 1.54) is 25.6 Å². The number of hydrogen-bond donors (Lipinski definition) is 1. The first-order valence-corrected chi connectivity index (χ1v) is 7.38. The molecule has 4 heteroatoms. The highest BCUT2D eigenvalue weighted by molar-refractivity contribution is 5.75. The van der Waals surface area contributed by atoms with Gasteiger partial charge < -0.3 is 15.0 Å². The molecular weight excluding hydrogens is 252 g/mol. The fraction of sp³-hybridized carbons (Fsp3) is 0.562. The number of carbonyl (C=O) groups excluding carboxylic acids is 1. The number of benzene rings is 1. The summed E-state index contributed by atoms with van der Waals surface area (Å²) in [7, 11) is 1.46. The van der Waals surface area contributed by atoms with Gasteiger partial charge in [0.05, 0.1) is 7.11 Å². The molecule has 1 aliphatic carbocycles. The van der Waals surface area contributed by atoms with Gasteiger partial charge in [0, 0.05) is 24.8 Å². The average Bonchev–Trinajstić information content (AvgIpc) is 3.31. The van der Waals surface area contributed by atoms with E-state index in [0.29, 0.717) is 6.04 Å². The molecule has 0 radical (unpaired) electrons. The van der Waals surface area contributed by atoms with Crippen molar-refractivity contribution in [3.63, 3.8) is 0 Å². The molecular formula is C16H24N2O2. The molecule has 1 N–H and O–H groups in total. The summed E-state index contributed by atoms with van der Waals surface area (Å²) in [6.07, 6.45) is 3.11. The lowest BCUT2D eigenvalue weighted by molar-refractivity contribution is -0.143. The summed E-state index contributed by atoms with van der Waals surface area (Å²) in [5.41, 5.74) is 1.20. The normalized spacial score (nSPS) is 15.7. The average molecular weight is 276 g/mol. The van der Waals surface area contributed by atoms with Crippen LogP contribution in [-0.2, 0) is 9.53 Å². The summed E-state index contributed by atoms with van der Waals surface area (Å²) in [5.74, 6) is -0.152. The van der Waals surface area contributed by atoms with Crippen molar-refractivity contribution in [2.75, 3.05) is 25.1 Å². The van der Waals surface area contributed by atoms with Crippen LogP contribution in [0.25, 0.3) is 0 Å². The van der Waals surface area contributed by atoms with Gasteiger partial charge in [0.1, 0.15) is 6.04 Å². The van der Waals surface area contributed by atoms with E-state index in [9.17, 15) is 4.79 Å². The zero-order valence-corrected chi connectivity index (χ0v) is 12.3. The maximum Gasteiger partial charge on any atom is 0.322 e. The predicted molar refractivity (Wildman–Crippen MR) is 80.9 cm³/mol. The Hall–Kier alpha value is -1.55. The van der Waals surface area contributed by atoms with Crippen LogP contribution in [0.1, 0.15) is 26.2 Å². The van der Waals surface area contributed by atoms with Crippen LogP contribution < -0.4 is 10.2 Å². The molecule has 1 saturated carbocycles. The van der Waals surface area contributed by atoms with Crippen molar-refractivity contribution in [1.82, 2.24) is 5.32 Å². The Kier molecular flexibility index (Phi) is 5.41. The SMILES string of the molecule is CCN(CCC(NC1CC1)C(=O)OC)c1ccccc1.